The predicted molar refractivity (Wildman–Crippen MR) is 124 cm³/mol. The smallest absolute Gasteiger partial charge is 0.343 e. The quantitative estimate of drug-likeness (QED) is 0.242. The Morgan fingerprint density at radius 3 is 2.39 bits per heavy atom. The molecule has 0 saturated heterocycles. The third-order valence-corrected chi connectivity index (χ3v) is 4.62. The summed E-state index contributed by atoms with van der Waals surface area (Å²) in [6.45, 7) is 6.19. The van der Waals surface area contributed by atoms with E-state index < -0.39 is 17.7 Å². The van der Waals surface area contributed by atoms with Crippen molar-refractivity contribution in [2.24, 2.45) is 5.10 Å². The van der Waals surface area contributed by atoms with Crippen molar-refractivity contribution in [2.75, 3.05) is 6.61 Å². The number of ether oxygens (including phenoxy) is 2. The zero-order valence-electron chi connectivity index (χ0n) is 18.7. The Balaban J connectivity index is 1.49. The minimum Gasteiger partial charge on any atom is -0.484 e. The summed E-state index contributed by atoms with van der Waals surface area (Å²) in [5, 5.41) is 3.90. The third-order valence-electron chi connectivity index (χ3n) is 4.62. The lowest BCUT2D eigenvalue weighted by atomic mass is 9.87. The van der Waals surface area contributed by atoms with Gasteiger partial charge in [0.05, 0.1) is 11.8 Å². The molecule has 3 rings (SSSR count). The minimum atomic E-state index is -0.676. The van der Waals surface area contributed by atoms with E-state index in [0.717, 1.165) is 6.07 Å². The molecule has 1 amide bonds. The standard InChI is InChI=1S/C26H25FN2O4/c1-26(2,3)20-10-12-22(13-11-20)32-17-24(30)29-28-16-18-6-4-9-23(14-18)33-25(31)19-7-5-8-21(27)15-19/h4-16H,17H2,1-3H3,(H,29,30)/b28-16+. The Bertz CT molecular complexity index is 1150. The van der Waals surface area contributed by atoms with E-state index in [1.165, 1.54) is 30.0 Å². The van der Waals surface area contributed by atoms with Gasteiger partial charge in [0, 0.05) is 0 Å². The van der Waals surface area contributed by atoms with Gasteiger partial charge in [0.2, 0.25) is 0 Å². The van der Waals surface area contributed by atoms with Gasteiger partial charge < -0.3 is 9.47 Å². The summed E-state index contributed by atoms with van der Waals surface area (Å²) in [6.07, 6.45) is 1.41. The number of nitrogens with one attached hydrogen (secondary N) is 1. The predicted octanol–water partition coefficient (Wildman–Crippen LogP) is 4.87. The molecule has 0 unspecified atom stereocenters. The van der Waals surface area contributed by atoms with E-state index in [9.17, 15) is 14.0 Å². The molecule has 6 nitrogen and oxygen atoms in total. The number of hydrazone groups is 1. The Morgan fingerprint density at radius 2 is 1.70 bits per heavy atom. The van der Waals surface area contributed by atoms with Crippen LogP contribution in [0.3, 0.4) is 0 Å². The summed E-state index contributed by atoms with van der Waals surface area (Å²) in [5.41, 5.74) is 4.30. The van der Waals surface area contributed by atoms with Crippen molar-refractivity contribution in [3.8, 4) is 11.5 Å². The van der Waals surface area contributed by atoms with Crippen LogP contribution in [0.4, 0.5) is 4.39 Å². The lowest BCUT2D eigenvalue weighted by Crippen LogP contribution is -2.24. The van der Waals surface area contributed by atoms with Crippen LogP contribution in [0.1, 0.15) is 42.3 Å². The van der Waals surface area contributed by atoms with E-state index in [2.05, 4.69) is 31.3 Å². The molecular formula is C26H25FN2O4. The highest BCUT2D eigenvalue weighted by molar-refractivity contribution is 5.91. The van der Waals surface area contributed by atoms with Crippen LogP contribution >= 0.6 is 0 Å². The first kappa shape index (κ1) is 23.7. The van der Waals surface area contributed by atoms with Gasteiger partial charge >= 0.3 is 5.97 Å². The van der Waals surface area contributed by atoms with Gasteiger partial charge in [0.1, 0.15) is 17.3 Å². The zero-order valence-corrected chi connectivity index (χ0v) is 18.7. The number of esters is 1. The highest BCUT2D eigenvalue weighted by atomic mass is 19.1. The first-order valence-corrected chi connectivity index (χ1v) is 10.3. The lowest BCUT2D eigenvalue weighted by molar-refractivity contribution is -0.123. The van der Waals surface area contributed by atoms with Crippen molar-refractivity contribution in [2.45, 2.75) is 26.2 Å². The van der Waals surface area contributed by atoms with Crippen molar-refractivity contribution in [3.63, 3.8) is 0 Å². The number of amides is 1. The second kappa shape index (κ2) is 10.5. The van der Waals surface area contributed by atoms with E-state index in [-0.39, 0.29) is 23.3 Å². The molecule has 0 bridgehead atoms. The average molecular weight is 448 g/mol. The number of hydrogen-bond donors (Lipinski definition) is 1. The molecule has 0 atom stereocenters. The molecule has 0 aliphatic rings. The SMILES string of the molecule is CC(C)(C)c1ccc(OCC(=O)N/N=C/c2cccc(OC(=O)c3cccc(F)c3)c2)cc1. The molecule has 33 heavy (non-hydrogen) atoms. The number of benzene rings is 3. The van der Waals surface area contributed by atoms with Crippen LogP contribution in [-0.2, 0) is 10.2 Å². The summed E-state index contributed by atoms with van der Waals surface area (Å²) < 4.78 is 24.0. The number of carbonyl (C=O) groups is 2. The molecule has 3 aromatic carbocycles. The Hall–Kier alpha value is -4.00. The van der Waals surface area contributed by atoms with Crippen molar-refractivity contribution >= 4 is 18.1 Å². The Morgan fingerprint density at radius 1 is 0.970 bits per heavy atom. The van der Waals surface area contributed by atoms with Crippen LogP contribution in [-0.4, -0.2) is 24.7 Å². The van der Waals surface area contributed by atoms with Gasteiger partial charge in [-0.05, 0) is 59.0 Å². The normalized spacial score (nSPS) is 11.3. The maximum Gasteiger partial charge on any atom is 0.343 e. The lowest BCUT2D eigenvalue weighted by Gasteiger charge is -2.19. The molecule has 0 saturated carbocycles. The zero-order chi connectivity index (χ0) is 23.8. The number of nitrogens with zero attached hydrogens (tertiary/aromatic N) is 1. The first-order chi connectivity index (χ1) is 15.7. The average Bonchev–Trinajstić information content (AvgIpc) is 2.78. The van der Waals surface area contributed by atoms with Crippen LogP contribution in [0.25, 0.3) is 0 Å². The maximum absolute atomic E-state index is 13.3. The molecule has 3 aromatic rings. The molecule has 0 fully saturated rings. The van der Waals surface area contributed by atoms with Crippen molar-refractivity contribution < 1.29 is 23.5 Å². The van der Waals surface area contributed by atoms with Crippen molar-refractivity contribution in [1.29, 1.82) is 0 Å². The molecule has 170 valence electrons. The highest BCUT2D eigenvalue weighted by Crippen LogP contribution is 2.24. The molecule has 0 heterocycles. The molecule has 0 aliphatic heterocycles. The minimum absolute atomic E-state index is 0.0414. The molecule has 0 radical (unpaired) electrons. The molecule has 0 aromatic heterocycles. The third kappa shape index (κ3) is 7.28. The van der Waals surface area contributed by atoms with E-state index in [1.807, 2.05) is 24.3 Å². The molecular weight excluding hydrogens is 423 g/mol. The molecule has 0 aliphatic carbocycles. The van der Waals surface area contributed by atoms with Gasteiger partial charge in [-0.1, -0.05) is 51.1 Å². The van der Waals surface area contributed by atoms with E-state index >= 15 is 0 Å². The summed E-state index contributed by atoms with van der Waals surface area (Å²) in [4.78, 5) is 24.1. The maximum atomic E-state index is 13.3. The molecule has 1 N–H and O–H groups in total. The number of carbonyl (C=O) groups excluding carboxylic acids is 2. The highest BCUT2D eigenvalue weighted by Gasteiger charge is 2.13. The van der Waals surface area contributed by atoms with E-state index in [4.69, 9.17) is 9.47 Å². The van der Waals surface area contributed by atoms with E-state index in [0.29, 0.717) is 11.3 Å². The fourth-order valence-electron chi connectivity index (χ4n) is 2.85. The topological polar surface area (TPSA) is 77.0 Å². The summed E-state index contributed by atoms with van der Waals surface area (Å²) >= 11 is 0. The van der Waals surface area contributed by atoms with Crippen LogP contribution in [0, 0.1) is 5.82 Å². The van der Waals surface area contributed by atoms with Gasteiger partial charge in [-0.3, -0.25) is 4.79 Å². The summed E-state index contributed by atoms with van der Waals surface area (Å²) in [6, 6.07) is 19.4. The largest absolute Gasteiger partial charge is 0.484 e. The van der Waals surface area contributed by atoms with Crippen molar-refractivity contribution in [3.05, 3.63) is 95.3 Å². The summed E-state index contributed by atoms with van der Waals surface area (Å²) in [5.74, 6) is -0.757. The van der Waals surface area contributed by atoms with Crippen LogP contribution < -0.4 is 14.9 Å². The first-order valence-electron chi connectivity index (χ1n) is 10.3. The van der Waals surface area contributed by atoms with E-state index in [1.54, 1.807) is 24.3 Å². The van der Waals surface area contributed by atoms with Crippen LogP contribution in [0.15, 0.2) is 77.9 Å². The molecule has 7 heteroatoms. The second-order valence-electron chi connectivity index (χ2n) is 8.33. The van der Waals surface area contributed by atoms with Crippen LogP contribution in [0.5, 0.6) is 11.5 Å². The summed E-state index contributed by atoms with van der Waals surface area (Å²) in [7, 11) is 0. The number of rotatable bonds is 7. The van der Waals surface area contributed by atoms with Gasteiger partial charge in [-0.25, -0.2) is 14.6 Å². The van der Waals surface area contributed by atoms with Gasteiger partial charge in [-0.2, -0.15) is 5.10 Å². The van der Waals surface area contributed by atoms with Gasteiger partial charge in [0.25, 0.3) is 5.91 Å². The Labute approximate surface area is 192 Å². The number of halogens is 1. The molecule has 0 spiro atoms. The number of hydrogen-bond acceptors (Lipinski definition) is 5. The monoisotopic (exact) mass is 448 g/mol. The van der Waals surface area contributed by atoms with Gasteiger partial charge in [0.15, 0.2) is 6.61 Å². The Kier molecular flexibility index (Phi) is 7.56. The second-order valence-corrected chi connectivity index (χ2v) is 8.33. The fourth-order valence-corrected chi connectivity index (χ4v) is 2.85. The van der Waals surface area contributed by atoms with Crippen molar-refractivity contribution in [1.82, 2.24) is 5.43 Å². The van der Waals surface area contributed by atoms with Gasteiger partial charge in [-0.15, -0.1) is 0 Å². The van der Waals surface area contributed by atoms with Crippen LogP contribution in [0.2, 0.25) is 0 Å². The fraction of sp³-hybridized carbons (Fsp3) is 0.192.